The topological polar surface area (TPSA) is 99.2 Å². The van der Waals surface area contributed by atoms with Gasteiger partial charge in [0.25, 0.3) is 15.9 Å². The van der Waals surface area contributed by atoms with Gasteiger partial charge in [0.15, 0.2) is 0 Å². The zero-order valence-electron chi connectivity index (χ0n) is 19.1. The number of amides is 1. The number of hydrogen-bond acceptors (Lipinski definition) is 6. The predicted octanol–water partition coefficient (Wildman–Crippen LogP) is 3.47. The quantitative estimate of drug-likeness (QED) is 0.559. The maximum Gasteiger partial charge on any atom is 0.262 e. The summed E-state index contributed by atoms with van der Waals surface area (Å²) in [5, 5.41) is 10.1. The van der Waals surface area contributed by atoms with Gasteiger partial charge in [-0.25, -0.2) is 8.42 Å². The number of rotatable bonds is 6. The molecule has 1 aliphatic rings. The maximum absolute atomic E-state index is 13.2. The van der Waals surface area contributed by atoms with E-state index in [1.165, 1.54) is 13.2 Å². The number of carbonyl (C=O) groups excluding carboxylic acids is 1. The van der Waals surface area contributed by atoms with Gasteiger partial charge in [-0.05, 0) is 61.0 Å². The zero-order valence-corrected chi connectivity index (χ0v) is 19.9. The number of hydrogen-bond donors (Lipinski definition) is 2. The molecule has 3 aromatic carbocycles. The third kappa shape index (κ3) is 4.94. The van der Waals surface area contributed by atoms with Crippen molar-refractivity contribution in [2.45, 2.75) is 11.8 Å². The number of aryl methyl sites for hydroxylation is 1. The van der Waals surface area contributed by atoms with E-state index < -0.39 is 10.0 Å². The molecule has 0 spiro atoms. The molecule has 4 rings (SSSR count). The molecular formula is C25H27N3O5S. The van der Waals surface area contributed by atoms with E-state index in [1.54, 1.807) is 60.4 Å². The molecule has 0 bridgehead atoms. The van der Waals surface area contributed by atoms with Crippen LogP contribution in [0.3, 0.4) is 0 Å². The minimum atomic E-state index is -3.90. The second kappa shape index (κ2) is 9.64. The first-order chi connectivity index (χ1) is 16.3. The van der Waals surface area contributed by atoms with Crippen molar-refractivity contribution in [3.8, 4) is 11.5 Å². The van der Waals surface area contributed by atoms with E-state index in [1.807, 2.05) is 17.0 Å². The first kappa shape index (κ1) is 23.4. The van der Waals surface area contributed by atoms with Gasteiger partial charge in [0.2, 0.25) is 0 Å². The van der Waals surface area contributed by atoms with Crippen LogP contribution < -0.4 is 14.4 Å². The van der Waals surface area contributed by atoms with Crippen molar-refractivity contribution in [1.82, 2.24) is 4.90 Å². The number of para-hydroxylation sites is 2. The molecule has 34 heavy (non-hydrogen) atoms. The number of aromatic hydroxyl groups is 1. The van der Waals surface area contributed by atoms with Gasteiger partial charge >= 0.3 is 0 Å². The summed E-state index contributed by atoms with van der Waals surface area (Å²) in [7, 11) is -2.36. The van der Waals surface area contributed by atoms with Crippen LogP contribution in [0, 0.1) is 6.92 Å². The lowest BCUT2D eigenvalue weighted by atomic mass is 10.1. The summed E-state index contributed by atoms with van der Waals surface area (Å²) in [4.78, 5) is 16.9. The SMILES string of the molecule is COc1ccc(NS(=O)(=O)c2cc(C(=O)N3CCN(c4ccccc4O)CC3)ccc2C)cc1. The Labute approximate surface area is 199 Å². The Morgan fingerprint density at radius 2 is 1.65 bits per heavy atom. The highest BCUT2D eigenvalue weighted by Gasteiger charge is 2.25. The third-order valence-corrected chi connectivity index (χ3v) is 7.38. The number of ether oxygens (including phenoxy) is 1. The molecule has 9 heteroatoms. The summed E-state index contributed by atoms with van der Waals surface area (Å²) in [6.07, 6.45) is 0. The van der Waals surface area contributed by atoms with E-state index in [9.17, 15) is 18.3 Å². The Morgan fingerprint density at radius 1 is 0.971 bits per heavy atom. The van der Waals surface area contributed by atoms with Gasteiger partial charge < -0.3 is 19.6 Å². The summed E-state index contributed by atoms with van der Waals surface area (Å²) < 4.78 is 33.8. The molecule has 178 valence electrons. The van der Waals surface area contributed by atoms with Gasteiger partial charge in [-0.15, -0.1) is 0 Å². The van der Waals surface area contributed by atoms with Crippen LogP contribution in [0.1, 0.15) is 15.9 Å². The Morgan fingerprint density at radius 3 is 2.29 bits per heavy atom. The molecule has 1 heterocycles. The Hall–Kier alpha value is -3.72. The summed E-state index contributed by atoms with van der Waals surface area (Å²) in [6.45, 7) is 3.76. The summed E-state index contributed by atoms with van der Waals surface area (Å²) in [5.74, 6) is 0.604. The van der Waals surface area contributed by atoms with Crippen LogP contribution >= 0.6 is 0 Å². The number of methoxy groups -OCH3 is 1. The second-order valence-corrected chi connectivity index (χ2v) is 9.73. The van der Waals surface area contributed by atoms with E-state index >= 15 is 0 Å². The van der Waals surface area contributed by atoms with E-state index in [2.05, 4.69) is 4.72 Å². The summed E-state index contributed by atoms with van der Waals surface area (Å²) in [5.41, 5.74) is 2.00. The van der Waals surface area contributed by atoms with Crippen molar-refractivity contribution in [3.63, 3.8) is 0 Å². The van der Waals surface area contributed by atoms with Gasteiger partial charge in [-0.3, -0.25) is 9.52 Å². The normalized spacial score (nSPS) is 14.1. The molecule has 0 saturated carbocycles. The van der Waals surface area contributed by atoms with Crippen LogP contribution in [-0.4, -0.2) is 57.6 Å². The molecule has 1 aliphatic heterocycles. The monoisotopic (exact) mass is 481 g/mol. The molecule has 0 atom stereocenters. The standard InChI is InChI=1S/C25H27N3O5S/c1-18-7-8-19(17-24(18)34(31,32)26-20-9-11-21(33-2)12-10-20)25(30)28-15-13-27(14-16-28)22-5-3-4-6-23(22)29/h3-12,17,26,29H,13-16H2,1-2H3. The van der Waals surface area contributed by atoms with Crippen molar-refractivity contribution in [3.05, 3.63) is 77.9 Å². The van der Waals surface area contributed by atoms with Crippen molar-refractivity contribution < 1.29 is 23.1 Å². The van der Waals surface area contributed by atoms with Gasteiger partial charge in [0.05, 0.1) is 17.7 Å². The minimum Gasteiger partial charge on any atom is -0.506 e. The molecule has 8 nitrogen and oxygen atoms in total. The lowest BCUT2D eigenvalue weighted by molar-refractivity contribution is 0.0746. The molecule has 1 saturated heterocycles. The molecule has 3 aromatic rings. The minimum absolute atomic E-state index is 0.0574. The largest absolute Gasteiger partial charge is 0.506 e. The van der Waals surface area contributed by atoms with Crippen molar-refractivity contribution in [1.29, 1.82) is 0 Å². The van der Waals surface area contributed by atoms with Crippen LogP contribution in [0.4, 0.5) is 11.4 Å². The first-order valence-electron chi connectivity index (χ1n) is 10.9. The average Bonchev–Trinajstić information content (AvgIpc) is 2.84. The highest BCUT2D eigenvalue weighted by Crippen LogP contribution is 2.28. The Bertz CT molecular complexity index is 1280. The number of sulfonamides is 1. The fraction of sp³-hybridized carbons (Fsp3) is 0.240. The van der Waals surface area contributed by atoms with E-state index in [4.69, 9.17) is 4.74 Å². The number of benzene rings is 3. The lowest BCUT2D eigenvalue weighted by Gasteiger charge is -2.36. The fourth-order valence-corrected chi connectivity index (χ4v) is 5.29. The molecule has 1 amide bonds. The van der Waals surface area contributed by atoms with Crippen LogP contribution in [0.25, 0.3) is 0 Å². The van der Waals surface area contributed by atoms with Gasteiger partial charge in [0, 0.05) is 37.4 Å². The molecular weight excluding hydrogens is 454 g/mol. The number of carbonyl (C=O) groups is 1. The molecule has 1 fully saturated rings. The van der Waals surface area contributed by atoms with Gasteiger partial charge in [-0.2, -0.15) is 0 Å². The molecule has 2 N–H and O–H groups in total. The van der Waals surface area contributed by atoms with Gasteiger partial charge in [0.1, 0.15) is 11.5 Å². The maximum atomic E-state index is 13.2. The molecule has 0 aromatic heterocycles. The van der Waals surface area contributed by atoms with Crippen LogP contribution in [0.15, 0.2) is 71.6 Å². The molecule has 0 radical (unpaired) electrons. The first-order valence-corrected chi connectivity index (χ1v) is 12.4. The smallest absolute Gasteiger partial charge is 0.262 e. The van der Waals surface area contributed by atoms with E-state index in [-0.39, 0.29) is 16.6 Å². The Kier molecular flexibility index (Phi) is 6.65. The number of phenolic OH excluding ortho intramolecular Hbond substituents is 1. The molecule has 0 aliphatic carbocycles. The predicted molar refractivity (Wildman–Crippen MR) is 131 cm³/mol. The Balaban J connectivity index is 1.49. The highest BCUT2D eigenvalue weighted by atomic mass is 32.2. The van der Waals surface area contributed by atoms with Crippen LogP contribution in [0.5, 0.6) is 11.5 Å². The number of anilines is 2. The number of piperazine rings is 1. The lowest BCUT2D eigenvalue weighted by Crippen LogP contribution is -2.48. The van der Waals surface area contributed by atoms with Crippen LogP contribution in [-0.2, 0) is 10.0 Å². The van der Waals surface area contributed by atoms with Crippen molar-refractivity contribution in [2.75, 3.05) is 42.9 Å². The average molecular weight is 482 g/mol. The second-order valence-electron chi connectivity index (χ2n) is 8.08. The van der Waals surface area contributed by atoms with Crippen LogP contribution in [0.2, 0.25) is 0 Å². The third-order valence-electron chi connectivity index (χ3n) is 5.86. The van der Waals surface area contributed by atoms with Crippen molar-refractivity contribution in [2.24, 2.45) is 0 Å². The number of phenols is 1. The zero-order chi connectivity index (χ0) is 24.3. The van der Waals surface area contributed by atoms with Crippen molar-refractivity contribution >= 4 is 27.3 Å². The highest BCUT2D eigenvalue weighted by molar-refractivity contribution is 7.92. The number of nitrogens with zero attached hydrogens (tertiary/aromatic N) is 2. The molecule has 0 unspecified atom stereocenters. The number of nitrogens with one attached hydrogen (secondary N) is 1. The fourth-order valence-electron chi connectivity index (χ4n) is 3.96. The summed E-state index contributed by atoms with van der Waals surface area (Å²) >= 11 is 0. The van der Waals surface area contributed by atoms with E-state index in [0.29, 0.717) is 48.7 Å². The summed E-state index contributed by atoms with van der Waals surface area (Å²) in [6, 6.07) is 18.4. The van der Waals surface area contributed by atoms with E-state index in [0.717, 1.165) is 5.69 Å². The van der Waals surface area contributed by atoms with Gasteiger partial charge in [-0.1, -0.05) is 18.2 Å².